The van der Waals surface area contributed by atoms with Crippen LogP contribution in [-0.4, -0.2) is 60.0 Å². The molecule has 1 aliphatic heterocycles. The van der Waals surface area contributed by atoms with Crippen LogP contribution in [0.1, 0.15) is 24.3 Å². The van der Waals surface area contributed by atoms with Crippen LogP contribution < -0.4 is 9.80 Å². The van der Waals surface area contributed by atoms with Gasteiger partial charge >= 0.3 is 0 Å². The van der Waals surface area contributed by atoms with E-state index in [4.69, 9.17) is 11.6 Å². The maximum atomic E-state index is 12.8. The fourth-order valence-corrected chi connectivity index (χ4v) is 3.31. The standard InChI is InChI=1S/C19H24ClN5O/c1-3-23(4-2)19-21-9-8-17(22-19)18(26)25-12-10-24(11-13-25)16-7-5-6-15(20)14-16/h5-9,14H,3-4,10-13H2,1-2H3. The molecule has 0 spiro atoms. The molecule has 1 aromatic carbocycles. The number of carbonyl (C=O) groups excluding carboxylic acids is 1. The van der Waals surface area contributed by atoms with Crippen molar-refractivity contribution in [2.45, 2.75) is 13.8 Å². The Morgan fingerprint density at radius 3 is 2.54 bits per heavy atom. The number of rotatable bonds is 5. The molecule has 26 heavy (non-hydrogen) atoms. The molecular formula is C19H24ClN5O. The third-order valence-electron chi connectivity index (χ3n) is 4.65. The summed E-state index contributed by atoms with van der Waals surface area (Å²) < 4.78 is 0. The number of piperazine rings is 1. The molecule has 1 aliphatic rings. The third-order valence-corrected chi connectivity index (χ3v) is 4.88. The van der Waals surface area contributed by atoms with Gasteiger partial charge in [-0.25, -0.2) is 9.97 Å². The van der Waals surface area contributed by atoms with Crippen LogP contribution in [0.3, 0.4) is 0 Å². The molecule has 0 atom stereocenters. The number of carbonyl (C=O) groups is 1. The highest BCUT2D eigenvalue weighted by Gasteiger charge is 2.24. The first kappa shape index (κ1) is 18.5. The first-order chi connectivity index (χ1) is 12.6. The van der Waals surface area contributed by atoms with Crippen molar-refractivity contribution in [1.29, 1.82) is 0 Å². The molecular weight excluding hydrogens is 350 g/mol. The van der Waals surface area contributed by atoms with Crippen LogP contribution in [0.2, 0.25) is 5.02 Å². The summed E-state index contributed by atoms with van der Waals surface area (Å²) in [5.74, 6) is 0.574. The average molecular weight is 374 g/mol. The fraction of sp³-hybridized carbons (Fsp3) is 0.421. The lowest BCUT2D eigenvalue weighted by atomic mass is 10.2. The molecule has 1 fully saturated rings. The van der Waals surface area contributed by atoms with E-state index in [9.17, 15) is 4.79 Å². The molecule has 1 amide bonds. The summed E-state index contributed by atoms with van der Waals surface area (Å²) in [6.45, 7) is 8.61. The van der Waals surface area contributed by atoms with Crippen molar-refractivity contribution in [2.75, 3.05) is 49.1 Å². The second-order valence-electron chi connectivity index (χ2n) is 6.17. The van der Waals surface area contributed by atoms with Gasteiger partial charge in [0.15, 0.2) is 0 Å². The van der Waals surface area contributed by atoms with Crippen LogP contribution in [0.5, 0.6) is 0 Å². The summed E-state index contributed by atoms with van der Waals surface area (Å²) >= 11 is 6.08. The van der Waals surface area contributed by atoms with Crippen LogP contribution in [0.25, 0.3) is 0 Å². The van der Waals surface area contributed by atoms with Crippen LogP contribution in [0.15, 0.2) is 36.5 Å². The minimum Gasteiger partial charge on any atom is -0.368 e. The van der Waals surface area contributed by atoms with Gasteiger partial charge in [-0.05, 0) is 38.1 Å². The molecule has 0 aliphatic carbocycles. The van der Waals surface area contributed by atoms with E-state index in [0.29, 0.717) is 24.7 Å². The molecule has 6 nitrogen and oxygen atoms in total. The van der Waals surface area contributed by atoms with Crippen LogP contribution in [0.4, 0.5) is 11.6 Å². The van der Waals surface area contributed by atoms with Crippen LogP contribution in [-0.2, 0) is 0 Å². The summed E-state index contributed by atoms with van der Waals surface area (Å²) in [7, 11) is 0. The van der Waals surface area contributed by atoms with Crippen molar-refractivity contribution >= 4 is 29.1 Å². The molecule has 0 radical (unpaired) electrons. The van der Waals surface area contributed by atoms with E-state index >= 15 is 0 Å². The summed E-state index contributed by atoms with van der Waals surface area (Å²) in [6, 6.07) is 9.51. The zero-order valence-corrected chi connectivity index (χ0v) is 16.0. The number of amides is 1. The van der Waals surface area contributed by atoms with E-state index in [-0.39, 0.29) is 5.91 Å². The zero-order chi connectivity index (χ0) is 18.5. The van der Waals surface area contributed by atoms with E-state index in [1.165, 1.54) is 0 Å². The average Bonchev–Trinajstić information content (AvgIpc) is 2.69. The Morgan fingerprint density at radius 2 is 1.88 bits per heavy atom. The van der Waals surface area contributed by atoms with Crippen molar-refractivity contribution < 1.29 is 4.79 Å². The maximum Gasteiger partial charge on any atom is 0.272 e. The summed E-state index contributed by atoms with van der Waals surface area (Å²) in [5, 5.41) is 0.728. The molecule has 1 aromatic heterocycles. The van der Waals surface area contributed by atoms with E-state index < -0.39 is 0 Å². The van der Waals surface area contributed by atoms with Gasteiger partial charge in [0, 0.05) is 56.2 Å². The van der Waals surface area contributed by atoms with Gasteiger partial charge in [-0.2, -0.15) is 0 Å². The van der Waals surface area contributed by atoms with Gasteiger partial charge in [0.2, 0.25) is 5.95 Å². The quantitative estimate of drug-likeness (QED) is 0.806. The highest BCUT2D eigenvalue weighted by atomic mass is 35.5. The molecule has 0 bridgehead atoms. The van der Waals surface area contributed by atoms with Crippen LogP contribution >= 0.6 is 11.6 Å². The minimum atomic E-state index is -0.0356. The van der Waals surface area contributed by atoms with Gasteiger partial charge in [0.1, 0.15) is 5.69 Å². The van der Waals surface area contributed by atoms with Gasteiger partial charge in [-0.3, -0.25) is 4.79 Å². The predicted octanol–water partition coefficient (Wildman–Crippen LogP) is 2.94. The lowest BCUT2D eigenvalue weighted by molar-refractivity contribution is 0.0740. The number of hydrogen-bond acceptors (Lipinski definition) is 5. The Hall–Kier alpha value is -2.34. The molecule has 2 heterocycles. The molecule has 7 heteroatoms. The number of aromatic nitrogens is 2. The number of halogens is 1. The van der Waals surface area contributed by atoms with E-state index in [1.54, 1.807) is 12.3 Å². The number of hydrogen-bond donors (Lipinski definition) is 0. The van der Waals surface area contributed by atoms with Crippen molar-refractivity contribution in [3.05, 3.63) is 47.2 Å². The topological polar surface area (TPSA) is 52.6 Å². The molecule has 0 N–H and O–H groups in total. The lowest BCUT2D eigenvalue weighted by Gasteiger charge is -2.36. The van der Waals surface area contributed by atoms with E-state index in [1.807, 2.05) is 34.1 Å². The van der Waals surface area contributed by atoms with Crippen molar-refractivity contribution in [1.82, 2.24) is 14.9 Å². The Morgan fingerprint density at radius 1 is 1.15 bits per heavy atom. The molecule has 0 unspecified atom stereocenters. The third kappa shape index (κ3) is 4.07. The van der Waals surface area contributed by atoms with Gasteiger partial charge in [0.25, 0.3) is 5.91 Å². The highest BCUT2D eigenvalue weighted by molar-refractivity contribution is 6.30. The van der Waals surface area contributed by atoms with Crippen LogP contribution in [0, 0.1) is 0 Å². The van der Waals surface area contributed by atoms with Gasteiger partial charge in [-0.15, -0.1) is 0 Å². The summed E-state index contributed by atoms with van der Waals surface area (Å²) in [6.07, 6.45) is 1.66. The zero-order valence-electron chi connectivity index (χ0n) is 15.2. The second-order valence-corrected chi connectivity index (χ2v) is 6.61. The second kappa shape index (κ2) is 8.36. The minimum absolute atomic E-state index is 0.0356. The monoisotopic (exact) mass is 373 g/mol. The van der Waals surface area contributed by atoms with Crippen molar-refractivity contribution in [3.8, 4) is 0 Å². The molecule has 0 saturated carbocycles. The number of benzene rings is 1. The van der Waals surface area contributed by atoms with E-state index in [0.717, 1.165) is 36.9 Å². The summed E-state index contributed by atoms with van der Waals surface area (Å²) in [4.78, 5) is 27.7. The largest absolute Gasteiger partial charge is 0.368 e. The lowest BCUT2D eigenvalue weighted by Crippen LogP contribution is -2.49. The molecule has 1 saturated heterocycles. The normalized spacial score (nSPS) is 14.4. The van der Waals surface area contributed by atoms with Gasteiger partial charge in [-0.1, -0.05) is 17.7 Å². The summed E-state index contributed by atoms with van der Waals surface area (Å²) in [5.41, 5.74) is 1.55. The highest BCUT2D eigenvalue weighted by Crippen LogP contribution is 2.21. The Labute approximate surface area is 159 Å². The number of nitrogens with zero attached hydrogens (tertiary/aromatic N) is 5. The Kier molecular flexibility index (Phi) is 5.93. The molecule has 2 aromatic rings. The Bertz CT molecular complexity index is 757. The first-order valence-corrected chi connectivity index (χ1v) is 9.38. The maximum absolute atomic E-state index is 12.8. The predicted molar refractivity (Wildman–Crippen MR) is 105 cm³/mol. The van der Waals surface area contributed by atoms with Gasteiger partial charge in [0.05, 0.1) is 0 Å². The smallest absolute Gasteiger partial charge is 0.272 e. The fourth-order valence-electron chi connectivity index (χ4n) is 3.13. The van der Waals surface area contributed by atoms with Crippen molar-refractivity contribution in [2.24, 2.45) is 0 Å². The molecule has 138 valence electrons. The van der Waals surface area contributed by atoms with E-state index in [2.05, 4.69) is 28.7 Å². The SMILES string of the molecule is CCN(CC)c1nccc(C(=O)N2CCN(c3cccc(Cl)c3)CC2)n1. The van der Waals surface area contributed by atoms with Crippen molar-refractivity contribution in [3.63, 3.8) is 0 Å². The Balaban J connectivity index is 1.66. The van der Waals surface area contributed by atoms with Gasteiger partial charge < -0.3 is 14.7 Å². The number of anilines is 2. The first-order valence-electron chi connectivity index (χ1n) is 9.00. The molecule has 3 rings (SSSR count).